The first-order chi connectivity index (χ1) is 15.4. The number of pyridine rings is 2. The van der Waals surface area contributed by atoms with Crippen LogP contribution in [0, 0.1) is 12.8 Å². The highest BCUT2D eigenvalue weighted by molar-refractivity contribution is 6.30. The Labute approximate surface area is 190 Å². The molecule has 1 saturated heterocycles. The van der Waals surface area contributed by atoms with Crippen LogP contribution in [-0.4, -0.2) is 39.8 Å². The van der Waals surface area contributed by atoms with Crippen LogP contribution >= 0.6 is 11.6 Å². The van der Waals surface area contributed by atoms with Gasteiger partial charge in [-0.1, -0.05) is 35.4 Å². The van der Waals surface area contributed by atoms with E-state index in [1.54, 1.807) is 29.2 Å². The quantitative estimate of drug-likeness (QED) is 0.630. The summed E-state index contributed by atoms with van der Waals surface area (Å²) in [7, 11) is 0. The van der Waals surface area contributed by atoms with Gasteiger partial charge in [0.25, 0.3) is 11.5 Å². The third-order valence-electron chi connectivity index (χ3n) is 5.60. The first kappa shape index (κ1) is 21.8. The van der Waals surface area contributed by atoms with E-state index in [9.17, 15) is 14.4 Å². The molecule has 0 bridgehead atoms. The number of piperidine rings is 1. The number of H-pyrrole nitrogens is 1. The lowest BCUT2D eigenvalue weighted by atomic mass is 9.95. The van der Waals surface area contributed by atoms with Crippen LogP contribution in [-0.2, 0) is 4.79 Å². The summed E-state index contributed by atoms with van der Waals surface area (Å²) in [5, 5.41) is 3.28. The molecule has 2 aromatic heterocycles. The first-order valence-electron chi connectivity index (χ1n) is 10.4. The highest BCUT2D eigenvalue weighted by Gasteiger charge is 2.29. The number of benzene rings is 1. The van der Waals surface area contributed by atoms with Gasteiger partial charge < -0.3 is 15.2 Å². The molecule has 0 unspecified atom stereocenters. The second kappa shape index (κ2) is 9.36. The van der Waals surface area contributed by atoms with E-state index in [2.05, 4.69) is 15.3 Å². The Balaban J connectivity index is 1.38. The number of anilines is 1. The van der Waals surface area contributed by atoms with Gasteiger partial charge in [0.15, 0.2) is 0 Å². The van der Waals surface area contributed by atoms with E-state index in [-0.39, 0.29) is 23.3 Å². The minimum atomic E-state index is -0.414. The van der Waals surface area contributed by atoms with Gasteiger partial charge in [-0.15, -0.1) is 0 Å². The monoisotopic (exact) mass is 450 g/mol. The highest BCUT2D eigenvalue weighted by atomic mass is 35.5. The summed E-state index contributed by atoms with van der Waals surface area (Å²) < 4.78 is 0. The van der Waals surface area contributed by atoms with Gasteiger partial charge in [0.05, 0.1) is 5.02 Å². The maximum absolute atomic E-state index is 12.9. The van der Waals surface area contributed by atoms with Crippen molar-refractivity contribution < 1.29 is 9.59 Å². The number of aryl methyl sites for hydroxylation is 1. The Morgan fingerprint density at radius 2 is 1.91 bits per heavy atom. The molecule has 1 aromatic carbocycles. The van der Waals surface area contributed by atoms with Gasteiger partial charge in [0.2, 0.25) is 5.91 Å². The maximum atomic E-state index is 12.9. The summed E-state index contributed by atoms with van der Waals surface area (Å²) in [5.41, 5.74) is 2.34. The molecule has 32 heavy (non-hydrogen) atoms. The summed E-state index contributed by atoms with van der Waals surface area (Å²) in [5.74, 6) is -0.232. The molecule has 0 radical (unpaired) electrons. The van der Waals surface area contributed by atoms with Crippen molar-refractivity contribution in [1.82, 2.24) is 14.9 Å². The number of likely N-dealkylation sites (tertiary alicyclic amines) is 1. The molecule has 1 aliphatic heterocycles. The van der Waals surface area contributed by atoms with E-state index in [1.165, 1.54) is 6.20 Å². The lowest BCUT2D eigenvalue weighted by Crippen LogP contribution is -2.43. The Morgan fingerprint density at radius 1 is 1.12 bits per heavy atom. The molecule has 2 amide bonds. The summed E-state index contributed by atoms with van der Waals surface area (Å²) in [4.78, 5) is 46.5. The van der Waals surface area contributed by atoms with Gasteiger partial charge in [-0.2, -0.15) is 0 Å². The Bertz CT molecular complexity index is 1200. The zero-order chi connectivity index (χ0) is 22.7. The number of halogens is 1. The summed E-state index contributed by atoms with van der Waals surface area (Å²) >= 11 is 5.81. The molecule has 2 N–H and O–H groups in total. The Morgan fingerprint density at radius 3 is 2.56 bits per heavy atom. The second-order valence-corrected chi connectivity index (χ2v) is 8.34. The standard InChI is InChI=1S/C24H23ClN4O3/c1-15-3-2-4-17(13-15)20-7-6-19(23(31)27-20)24(32)29-11-9-16(10-12-29)22(30)28-21-8-5-18(25)14-26-21/h2-8,13-14,16H,9-12H2,1H3,(H,27,31)(H,26,28,30). The van der Waals surface area contributed by atoms with Crippen molar-refractivity contribution in [2.24, 2.45) is 5.92 Å². The SMILES string of the molecule is Cc1cccc(-c2ccc(C(=O)N3CCC(C(=O)Nc4ccc(Cl)cn4)CC3)c(=O)[nH]2)c1. The molecule has 7 nitrogen and oxygen atoms in total. The summed E-state index contributed by atoms with van der Waals surface area (Å²) in [6.45, 7) is 2.80. The zero-order valence-corrected chi connectivity index (χ0v) is 18.4. The third-order valence-corrected chi connectivity index (χ3v) is 5.82. The van der Waals surface area contributed by atoms with Crippen LogP contribution in [0.25, 0.3) is 11.3 Å². The van der Waals surface area contributed by atoms with E-state index < -0.39 is 5.56 Å². The maximum Gasteiger partial charge on any atom is 0.261 e. The number of carbonyl (C=O) groups excluding carboxylic acids is 2. The van der Waals surface area contributed by atoms with Gasteiger partial charge in [-0.25, -0.2) is 4.98 Å². The van der Waals surface area contributed by atoms with E-state index >= 15 is 0 Å². The zero-order valence-electron chi connectivity index (χ0n) is 17.6. The fraction of sp³-hybridized carbons (Fsp3) is 0.250. The average Bonchev–Trinajstić information content (AvgIpc) is 2.80. The van der Waals surface area contributed by atoms with Gasteiger partial charge in [-0.05, 0) is 55.7 Å². The van der Waals surface area contributed by atoms with Crippen molar-refractivity contribution in [2.45, 2.75) is 19.8 Å². The topological polar surface area (TPSA) is 95.2 Å². The molecule has 3 aromatic rings. The first-order valence-corrected chi connectivity index (χ1v) is 10.8. The molecule has 0 atom stereocenters. The molecule has 164 valence electrons. The molecule has 0 aliphatic carbocycles. The second-order valence-electron chi connectivity index (χ2n) is 7.90. The van der Waals surface area contributed by atoms with Crippen LogP contribution in [0.5, 0.6) is 0 Å². The smallest absolute Gasteiger partial charge is 0.261 e. The molecule has 1 fully saturated rings. The van der Waals surface area contributed by atoms with Crippen molar-refractivity contribution in [3.8, 4) is 11.3 Å². The molecule has 1 aliphatic rings. The van der Waals surface area contributed by atoms with Crippen molar-refractivity contribution in [2.75, 3.05) is 18.4 Å². The van der Waals surface area contributed by atoms with Crippen molar-refractivity contribution in [3.63, 3.8) is 0 Å². The van der Waals surface area contributed by atoms with Gasteiger partial charge in [-0.3, -0.25) is 14.4 Å². The number of aromatic amines is 1. The van der Waals surface area contributed by atoms with Crippen molar-refractivity contribution in [1.29, 1.82) is 0 Å². The largest absolute Gasteiger partial charge is 0.338 e. The lowest BCUT2D eigenvalue weighted by molar-refractivity contribution is -0.121. The summed E-state index contributed by atoms with van der Waals surface area (Å²) in [6, 6.07) is 14.4. The molecule has 0 saturated carbocycles. The van der Waals surface area contributed by atoms with Gasteiger partial charge in [0, 0.05) is 30.9 Å². The fourth-order valence-corrected chi connectivity index (χ4v) is 3.93. The highest BCUT2D eigenvalue weighted by Crippen LogP contribution is 2.21. The Hall–Kier alpha value is -3.45. The van der Waals surface area contributed by atoms with Crippen molar-refractivity contribution >= 4 is 29.2 Å². The number of hydrogen-bond acceptors (Lipinski definition) is 4. The van der Waals surface area contributed by atoms with Crippen LogP contribution in [0.3, 0.4) is 0 Å². The van der Waals surface area contributed by atoms with Crippen LogP contribution in [0.1, 0.15) is 28.8 Å². The number of nitrogens with zero attached hydrogens (tertiary/aromatic N) is 2. The third kappa shape index (κ3) is 4.89. The van der Waals surface area contributed by atoms with E-state index in [1.807, 2.05) is 31.2 Å². The van der Waals surface area contributed by atoms with Crippen LogP contribution < -0.4 is 10.9 Å². The molecule has 3 heterocycles. The number of aromatic nitrogens is 2. The number of carbonyl (C=O) groups is 2. The normalized spacial score (nSPS) is 14.2. The van der Waals surface area contributed by atoms with Gasteiger partial charge >= 0.3 is 0 Å². The van der Waals surface area contributed by atoms with Gasteiger partial charge in [0.1, 0.15) is 11.4 Å². The lowest BCUT2D eigenvalue weighted by Gasteiger charge is -2.31. The predicted octanol–water partition coefficient (Wildman–Crippen LogP) is 3.89. The van der Waals surface area contributed by atoms with E-state index in [0.717, 1.165) is 11.1 Å². The minimum absolute atomic E-state index is 0.106. The summed E-state index contributed by atoms with van der Waals surface area (Å²) in [6.07, 6.45) is 2.51. The molecule has 4 rings (SSSR count). The van der Waals surface area contributed by atoms with Crippen LogP contribution in [0.15, 0.2) is 59.5 Å². The van der Waals surface area contributed by atoms with E-state index in [4.69, 9.17) is 11.6 Å². The molecule has 8 heteroatoms. The molecular formula is C24H23ClN4O3. The molecular weight excluding hydrogens is 428 g/mol. The van der Waals surface area contributed by atoms with E-state index in [0.29, 0.717) is 42.5 Å². The van der Waals surface area contributed by atoms with Crippen LogP contribution in [0.2, 0.25) is 5.02 Å². The average molecular weight is 451 g/mol. The minimum Gasteiger partial charge on any atom is -0.338 e. The number of nitrogens with one attached hydrogen (secondary N) is 2. The van der Waals surface area contributed by atoms with Crippen molar-refractivity contribution in [3.05, 3.63) is 81.2 Å². The Kier molecular flexibility index (Phi) is 6.37. The fourth-order valence-electron chi connectivity index (χ4n) is 3.82. The number of hydrogen-bond donors (Lipinski definition) is 2. The number of rotatable bonds is 4. The van der Waals surface area contributed by atoms with Crippen LogP contribution in [0.4, 0.5) is 5.82 Å². The predicted molar refractivity (Wildman–Crippen MR) is 124 cm³/mol. The number of amides is 2. The molecule has 0 spiro atoms.